The molecule has 48 heavy (non-hydrogen) atoms. The normalized spacial score (nSPS) is 14.5. The van der Waals surface area contributed by atoms with Crippen LogP contribution in [0, 0.1) is 0 Å². The van der Waals surface area contributed by atoms with Crippen LogP contribution >= 0.6 is 0 Å². The summed E-state index contributed by atoms with van der Waals surface area (Å²) in [6.07, 6.45) is 0. The number of ether oxygens (including phenoxy) is 2. The second-order valence-corrected chi connectivity index (χ2v) is 15.7. The zero-order valence-corrected chi connectivity index (χ0v) is 26.9. The van der Waals surface area contributed by atoms with Crippen LogP contribution in [-0.4, -0.2) is 30.5 Å². The van der Waals surface area contributed by atoms with Crippen molar-refractivity contribution in [1.29, 1.82) is 0 Å². The Morgan fingerprint density at radius 2 is 0.833 bits per heavy atom. The van der Waals surface area contributed by atoms with Gasteiger partial charge in [-0.1, -0.05) is 0 Å². The van der Waals surface area contributed by atoms with Crippen molar-refractivity contribution in [3.63, 3.8) is 0 Å². The van der Waals surface area contributed by atoms with Gasteiger partial charge in [0.05, 0.1) is 0 Å². The van der Waals surface area contributed by atoms with Crippen LogP contribution in [0.4, 0.5) is 0 Å². The quantitative estimate of drug-likeness (QED) is 0.168. The van der Waals surface area contributed by atoms with Crippen molar-refractivity contribution in [3.8, 4) is 23.0 Å². The Kier molecular flexibility index (Phi) is 3.72. The van der Waals surface area contributed by atoms with Gasteiger partial charge in [0.2, 0.25) is 0 Å². The molecule has 7 aromatic carbocycles. The van der Waals surface area contributed by atoms with Gasteiger partial charge in [-0.15, -0.1) is 0 Å². The summed E-state index contributed by atoms with van der Waals surface area (Å²) in [4.78, 5) is 0. The Balaban J connectivity index is 1.24. The number of fused-ring (bicyclic) bond motifs is 14. The number of para-hydroxylation sites is 4. The molecular formula is C42H19BN2O2Se. The Hall–Kier alpha value is -5.68. The molecule has 7 heterocycles. The van der Waals surface area contributed by atoms with Gasteiger partial charge in [0.15, 0.2) is 0 Å². The number of hydrogen-bond donors (Lipinski definition) is 0. The van der Waals surface area contributed by atoms with Gasteiger partial charge in [-0.25, -0.2) is 0 Å². The van der Waals surface area contributed by atoms with Crippen molar-refractivity contribution >= 4 is 123 Å². The summed E-state index contributed by atoms with van der Waals surface area (Å²) >= 11 is -0.0443. The summed E-state index contributed by atoms with van der Waals surface area (Å²) in [7, 11) is 0. The second-order valence-electron chi connectivity index (χ2n) is 13.5. The van der Waals surface area contributed by atoms with Crippen LogP contribution in [0.1, 0.15) is 0 Å². The van der Waals surface area contributed by atoms with Gasteiger partial charge < -0.3 is 0 Å². The molecule has 4 nitrogen and oxygen atoms in total. The molecule has 6 heteroatoms. The number of nitrogens with zero attached hydrogens (tertiary/aromatic N) is 2. The molecule has 3 aliphatic heterocycles. The van der Waals surface area contributed by atoms with Crippen molar-refractivity contribution in [2.75, 3.05) is 0 Å². The summed E-state index contributed by atoms with van der Waals surface area (Å²) in [5.41, 5.74) is 11.6. The van der Waals surface area contributed by atoms with Crippen LogP contribution in [-0.2, 0) is 0 Å². The van der Waals surface area contributed by atoms with Crippen molar-refractivity contribution in [2.45, 2.75) is 0 Å². The molecule has 0 aliphatic carbocycles. The predicted octanol–water partition coefficient (Wildman–Crippen LogP) is 6.68. The number of rotatable bonds is 0. The summed E-state index contributed by atoms with van der Waals surface area (Å²) in [6, 6.07) is 42.4. The molecule has 0 saturated heterocycles. The fourth-order valence-corrected chi connectivity index (χ4v) is 12.8. The topological polar surface area (TPSA) is 27.3 Å². The molecule has 0 N–H and O–H groups in total. The third kappa shape index (κ3) is 2.37. The molecule has 14 rings (SSSR count). The van der Waals surface area contributed by atoms with E-state index in [1.165, 1.54) is 96.0 Å². The van der Waals surface area contributed by atoms with E-state index in [-0.39, 0.29) is 21.7 Å². The van der Waals surface area contributed by atoms with Gasteiger partial charge >= 0.3 is 280 Å². The number of benzene rings is 7. The average Bonchev–Trinajstić information content (AvgIpc) is 3.85. The second kappa shape index (κ2) is 7.55. The Bertz CT molecular complexity index is 3120. The van der Waals surface area contributed by atoms with Crippen LogP contribution in [0.15, 0.2) is 115 Å². The van der Waals surface area contributed by atoms with E-state index in [4.69, 9.17) is 9.47 Å². The molecule has 218 valence electrons. The van der Waals surface area contributed by atoms with Crippen LogP contribution in [0.2, 0.25) is 0 Å². The Morgan fingerprint density at radius 1 is 0.396 bits per heavy atom. The third-order valence-corrected chi connectivity index (χ3v) is 14.1. The molecule has 0 saturated carbocycles. The van der Waals surface area contributed by atoms with Crippen LogP contribution in [0.5, 0.6) is 23.0 Å². The third-order valence-electron chi connectivity index (χ3n) is 11.5. The predicted molar refractivity (Wildman–Crippen MR) is 198 cm³/mol. The summed E-state index contributed by atoms with van der Waals surface area (Å²) in [6.45, 7) is 0.0435. The van der Waals surface area contributed by atoms with Crippen LogP contribution in [0.3, 0.4) is 0 Å². The van der Waals surface area contributed by atoms with Gasteiger partial charge in [0, 0.05) is 0 Å². The fourth-order valence-electron chi connectivity index (χ4n) is 9.75. The SMILES string of the molecule is c1cc2c3c(c1)Oc1cc4c5cccc6c7ccccc7n(c4c4c1B3c1c(cc3c7cccc8c9ccccc9n(c3c1[Se]4)c87)O2)c65. The molecular weight excluding hydrogens is 654 g/mol. The molecule has 0 radical (unpaired) electrons. The molecule has 4 aromatic heterocycles. The maximum absolute atomic E-state index is 6.88. The summed E-state index contributed by atoms with van der Waals surface area (Å²) in [5, 5.41) is 10.4. The van der Waals surface area contributed by atoms with E-state index in [0.717, 1.165) is 28.5 Å². The van der Waals surface area contributed by atoms with E-state index in [0.29, 0.717) is 0 Å². The molecule has 0 unspecified atom stereocenters. The number of aromatic nitrogens is 2. The van der Waals surface area contributed by atoms with Gasteiger partial charge in [-0.3, -0.25) is 0 Å². The summed E-state index contributed by atoms with van der Waals surface area (Å²) in [5.74, 6) is 3.79. The first kappa shape index (κ1) is 23.6. The minimum atomic E-state index is -0.0443. The Labute approximate surface area is 278 Å². The van der Waals surface area contributed by atoms with Gasteiger partial charge in [0.25, 0.3) is 0 Å². The van der Waals surface area contributed by atoms with Crippen molar-refractivity contribution < 1.29 is 9.47 Å². The average molecular weight is 673 g/mol. The Morgan fingerprint density at radius 3 is 1.35 bits per heavy atom. The monoisotopic (exact) mass is 674 g/mol. The van der Waals surface area contributed by atoms with Crippen molar-refractivity contribution in [2.24, 2.45) is 0 Å². The van der Waals surface area contributed by atoms with Gasteiger partial charge in [0.1, 0.15) is 0 Å². The van der Waals surface area contributed by atoms with E-state index in [1.54, 1.807) is 0 Å². The first-order valence-electron chi connectivity index (χ1n) is 16.5. The molecule has 0 bridgehead atoms. The van der Waals surface area contributed by atoms with Crippen LogP contribution in [0.25, 0.3) is 76.2 Å². The molecule has 0 atom stereocenters. The molecule has 0 amide bonds. The minimum absolute atomic E-state index is 0.0435. The van der Waals surface area contributed by atoms with E-state index < -0.39 is 0 Å². The zero-order chi connectivity index (χ0) is 30.6. The zero-order valence-electron chi connectivity index (χ0n) is 25.2. The van der Waals surface area contributed by atoms with Crippen molar-refractivity contribution in [3.05, 3.63) is 115 Å². The van der Waals surface area contributed by atoms with E-state index in [1.807, 2.05) is 0 Å². The molecule has 0 spiro atoms. The fraction of sp³-hybridized carbons (Fsp3) is 0. The molecule has 0 fully saturated rings. The maximum atomic E-state index is 6.88. The van der Waals surface area contributed by atoms with E-state index in [9.17, 15) is 0 Å². The van der Waals surface area contributed by atoms with Crippen molar-refractivity contribution in [1.82, 2.24) is 8.80 Å². The molecule has 11 aromatic rings. The van der Waals surface area contributed by atoms with Crippen LogP contribution < -0.4 is 34.8 Å². The molecule has 3 aliphatic rings. The first-order chi connectivity index (χ1) is 23.8. The number of hydrogen-bond acceptors (Lipinski definition) is 2. The van der Waals surface area contributed by atoms with E-state index in [2.05, 4.69) is 124 Å². The van der Waals surface area contributed by atoms with E-state index >= 15 is 0 Å². The standard InChI is InChI=1S/C42H19BN2O2Se/c1-3-14-28-20(8-1)22-10-5-12-24-26-18-32-35-41(39(26)44(28)37(22)24)48-42-36-33(47-31-17-7-16-30(46-32)34(31)43(35)36)19-27-25-13-6-11-23-21-9-2-4-15-29(21)45(38(23)25)40(27)42/h1-19H. The van der Waals surface area contributed by atoms with Gasteiger partial charge in [-0.05, 0) is 0 Å². The van der Waals surface area contributed by atoms with Gasteiger partial charge in [-0.2, -0.15) is 0 Å². The summed E-state index contributed by atoms with van der Waals surface area (Å²) < 4.78 is 21.8. The first-order valence-corrected chi connectivity index (χ1v) is 18.2.